The molecule has 6 nitrogen and oxygen atoms in total. The van der Waals surface area contributed by atoms with Crippen molar-refractivity contribution in [2.75, 3.05) is 13.2 Å². The fourth-order valence-corrected chi connectivity index (χ4v) is 8.61. The number of unbranched alkanes of at least 4 members (excludes halogenated alkanes) is 24. The summed E-state index contributed by atoms with van der Waals surface area (Å²) in [5, 5.41) is 0. The smallest absolute Gasteiger partial charge is 0.306 e. The fourth-order valence-electron chi connectivity index (χ4n) is 8.61. The molecule has 0 aliphatic heterocycles. The molecule has 0 spiro atoms. The van der Waals surface area contributed by atoms with Crippen molar-refractivity contribution in [3.05, 3.63) is 134 Å². The Morgan fingerprint density at radius 1 is 0.269 bits per heavy atom. The van der Waals surface area contributed by atoms with Crippen molar-refractivity contribution in [2.24, 2.45) is 0 Å². The van der Waals surface area contributed by atoms with Gasteiger partial charge in [0, 0.05) is 19.3 Å². The predicted molar refractivity (Wildman–Crippen MR) is 339 cm³/mol. The summed E-state index contributed by atoms with van der Waals surface area (Å²) >= 11 is 0. The lowest BCUT2D eigenvalue weighted by Gasteiger charge is -2.18. The van der Waals surface area contributed by atoms with Crippen LogP contribution in [0.5, 0.6) is 0 Å². The molecular weight excluding hydrogens is 961 g/mol. The SMILES string of the molecule is CC/C=C\C/C=C\C/C=C\C/C=C\C/C=C\C/C=C\C/C=C\CCCCCCCCCC(=O)OCC(COC(=O)CCCCCCC/C=C\C/C=C\C/C=C\CC)OC(=O)CCCCCCC/C=C\CCCCCCCCC. The Morgan fingerprint density at radius 2 is 0.500 bits per heavy atom. The zero-order valence-corrected chi connectivity index (χ0v) is 50.6. The highest BCUT2D eigenvalue weighted by molar-refractivity contribution is 5.71. The summed E-state index contributed by atoms with van der Waals surface area (Å²) in [6.07, 6.45) is 91.7. The highest BCUT2D eigenvalue weighted by Gasteiger charge is 2.19. The minimum Gasteiger partial charge on any atom is -0.462 e. The van der Waals surface area contributed by atoms with Crippen LogP contribution in [0.2, 0.25) is 0 Å². The van der Waals surface area contributed by atoms with Gasteiger partial charge in [-0.2, -0.15) is 0 Å². The van der Waals surface area contributed by atoms with Crippen LogP contribution in [0, 0.1) is 0 Å². The Labute approximate surface area is 481 Å². The van der Waals surface area contributed by atoms with Gasteiger partial charge in [-0.3, -0.25) is 14.4 Å². The van der Waals surface area contributed by atoms with Gasteiger partial charge in [-0.05, 0) is 135 Å². The summed E-state index contributed by atoms with van der Waals surface area (Å²) in [5.74, 6) is -0.929. The normalized spacial score (nSPS) is 13.0. The molecule has 0 fully saturated rings. The van der Waals surface area contributed by atoms with Crippen molar-refractivity contribution >= 4 is 17.9 Å². The molecule has 0 aromatic carbocycles. The van der Waals surface area contributed by atoms with E-state index in [1.165, 1.54) is 83.5 Å². The van der Waals surface area contributed by atoms with Crippen molar-refractivity contribution in [1.82, 2.24) is 0 Å². The van der Waals surface area contributed by atoms with Gasteiger partial charge in [0.05, 0.1) is 0 Å². The van der Waals surface area contributed by atoms with Crippen molar-refractivity contribution in [1.29, 1.82) is 0 Å². The summed E-state index contributed by atoms with van der Waals surface area (Å²) in [6, 6.07) is 0. The van der Waals surface area contributed by atoms with E-state index in [9.17, 15) is 14.4 Å². The molecule has 0 aliphatic carbocycles. The van der Waals surface area contributed by atoms with E-state index in [4.69, 9.17) is 14.2 Å². The molecular formula is C72H118O6. The number of allylic oxidation sites excluding steroid dienone is 22. The minimum atomic E-state index is -0.800. The predicted octanol–water partition coefficient (Wildman–Crippen LogP) is 22.2. The van der Waals surface area contributed by atoms with E-state index in [1.54, 1.807) is 0 Å². The first kappa shape index (κ1) is 73.5. The second-order valence-corrected chi connectivity index (χ2v) is 20.9. The van der Waals surface area contributed by atoms with Crippen molar-refractivity contribution < 1.29 is 28.6 Å². The molecule has 78 heavy (non-hydrogen) atoms. The fraction of sp³-hybridized carbons (Fsp3) is 0.653. The summed E-state index contributed by atoms with van der Waals surface area (Å²) in [6.45, 7) is 6.39. The van der Waals surface area contributed by atoms with Gasteiger partial charge in [-0.1, -0.05) is 264 Å². The molecule has 0 aromatic heterocycles. The number of carbonyl (C=O) groups excluding carboxylic acids is 3. The first-order valence-electron chi connectivity index (χ1n) is 32.2. The number of hydrogen-bond acceptors (Lipinski definition) is 6. The standard InChI is InChI=1S/C72H118O6/c1-4-7-10-13-16-19-22-25-28-30-31-32-33-34-35-36-37-38-39-40-41-42-45-47-50-53-56-59-62-65-71(74)77-68-69(67-76-70(73)64-61-58-55-52-49-46-43-27-24-21-18-15-12-9-6-3)78-72(75)66-63-60-57-54-51-48-44-29-26-23-20-17-14-11-8-5-2/h7,9-10,12,16,18-19,21,25,27-29,31-32,34-35,37-38,40-41,43-44,69H,4-6,8,11,13-15,17,20,22-24,26,30,33,36,39,42,45-68H2,1-3H3/b10-7-,12-9-,19-16-,21-18-,28-25-,32-31-,35-34-,38-37-,41-40-,43-27-,44-29-. The second kappa shape index (κ2) is 65.1. The van der Waals surface area contributed by atoms with Crippen LogP contribution in [-0.2, 0) is 28.6 Å². The van der Waals surface area contributed by atoms with Crippen LogP contribution in [0.25, 0.3) is 0 Å². The molecule has 0 heterocycles. The Hall–Kier alpha value is -4.45. The minimum absolute atomic E-state index is 0.0960. The van der Waals surface area contributed by atoms with Crippen molar-refractivity contribution in [2.45, 2.75) is 290 Å². The second-order valence-electron chi connectivity index (χ2n) is 20.9. The summed E-state index contributed by atoms with van der Waals surface area (Å²) in [4.78, 5) is 38.3. The van der Waals surface area contributed by atoms with Gasteiger partial charge in [-0.25, -0.2) is 0 Å². The van der Waals surface area contributed by atoms with Gasteiger partial charge in [0.1, 0.15) is 13.2 Å². The third kappa shape index (κ3) is 62.4. The lowest BCUT2D eigenvalue weighted by atomic mass is 10.1. The molecule has 0 bridgehead atoms. The van der Waals surface area contributed by atoms with Crippen LogP contribution >= 0.6 is 0 Å². The zero-order valence-electron chi connectivity index (χ0n) is 50.6. The average molecular weight is 1080 g/mol. The molecule has 0 saturated carbocycles. The van der Waals surface area contributed by atoms with Gasteiger partial charge in [-0.15, -0.1) is 0 Å². The van der Waals surface area contributed by atoms with Crippen LogP contribution in [0.4, 0.5) is 0 Å². The quantitative estimate of drug-likeness (QED) is 0.0261. The molecule has 1 atom stereocenters. The molecule has 1 unspecified atom stereocenters. The Morgan fingerprint density at radius 3 is 0.795 bits per heavy atom. The van der Waals surface area contributed by atoms with Crippen LogP contribution in [0.15, 0.2) is 134 Å². The van der Waals surface area contributed by atoms with Crippen molar-refractivity contribution in [3.63, 3.8) is 0 Å². The zero-order chi connectivity index (χ0) is 56.4. The molecule has 6 heteroatoms. The molecule has 442 valence electrons. The van der Waals surface area contributed by atoms with E-state index in [2.05, 4.69) is 154 Å². The maximum Gasteiger partial charge on any atom is 0.306 e. The first-order valence-corrected chi connectivity index (χ1v) is 32.2. The average Bonchev–Trinajstić information content (AvgIpc) is 3.44. The summed E-state index contributed by atoms with van der Waals surface area (Å²) < 4.78 is 16.9. The lowest BCUT2D eigenvalue weighted by molar-refractivity contribution is -0.167. The number of hydrogen-bond donors (Lipinski definition) is 0. The highest BCUT2D eigenvalue weighted by atomic mass is 16.6. The number of rotatable bonds is 57. The molecule has 0 rings (SSSR count). The molecule has 0 saturated heterocycles. The van der Waals surface area contributed by atoms with Gasteiger partial charge in [0.2, 0.25) is 0 Å². The maximum atomic E-state index is 12.9. The van der Waals surface area contributed by atoms with E-state index in [1.807, 2.05) is 0 Å². The third-order valence-electron chi connectivity index (χ3n) is 13.4. The third-order valence-corrected chi connectivity index (χ3v) is 13.4. The van der Waals surface area contributed by atoms with Crippen LogP contribution in [0.1, 0.15) is 284 Å². The van der Waals surface area contributed by atoms with E-state index in [0.29, 0.717) is 19.3 Å². The van der Waals surface area contributed by atoms with Crippen LogP contribution in [0.3, 0.4) is 0 Å². The van der Waals surface area contributed by atoms with E-state index in [0.717, 1.165) is 161 Å². The van der Waals surface area contributed by atoms with Crippen LogP contribution in [-0.4, -0.2) is 37.2 Å². The van der Waals surface area contributed by atoms with Gasteiger partial charge < -0.3 is 14.2 Å². The molecule has 0 amide bonds. The van der Waals surface area contributed by atoms with Gasteiger partial charge in [0.25, 0.3) is 0 Å². The topological polar surface area (TPSA) is 78.9 Å². The first-order chi connectivity index (χ1) is 38.5. The maximum absolute atomic E-state index is 12.9. The van der Waals surface area contributed by atoms with Crippen LogP contribution < -0.4 is 0 Å². The van der Waals surface area contributed by atoms with Crippen molar-refractivity contribution in [3.8, 4) is 0 Å². The molecule has 0 aliphatic rings. The van der Waals surface area contributed by atoms with E-state index >= 15 is 0 Å². The highest BCUT2D eigenvalue weighted by Crippen LogP contribution is 2.15. The van der Waals surface area contributed by atoms with E-state index in [-0.39, 0.29) is 31.1 Å². The summed E-state index contributed by atoms with van der Waals surface area (Å²) in [5.41, 5.74) is 0. The molecule has 0 aromatic rings. The largest absolute Gasteiger partial charge is 0.462 e. The molecule has 0 radical (unpaired) electrons. The number of ether oxygens (including phenoxy) is 3. The Balaban J connectivity index is 4.38. The Kier molecular flexibility index (Phi) is 61.4. The monoisotopic (exact) mass is 1080 g/mol. The lowest BCUT2D eigenvalue weighted by Crippen LogP contribution is -2.30. The van der Waals surface area contributed by atoms with E-state index < -0.39 is 6.10 Å². The summed E-state index contributed by atoms with van der Waals surface area (Å²) in [7, 11) is 0. The van der Waals surface area contributed by atoms with Gasteiger partial charge in [0.15, 0.2) is 6.10 Å². The molecule has 0 N–H and O–H groups in total. The Bertz CT molecular complexity index is 1670. The van der Waals surface area contributed by atoms with Gasteiger partial charge >= 0.3 is 17.9 Å². The number of carbonyl (C=O) groups is 3. The number of esters is 3.